The van der Waals surface area contributed by atoms with E-state index >= 15 is 0 Å². The number of methoxy groups -OCH3 is 2. The lowest BCUT2D eigenvalue weighted by molar-refractivity contribution is 0.0469. The third kappa shape index (κ3) is 5.84. The Morgan fingerprint density at radius 3 is 2.53 bits per heavy atom. The maximum absolute atomic E-state index is 5.70. The fourth-order valence-corrected chi connectivity index (χ4v) is 2.43. The second kappa shape index (κ2) is 8.90. The first-order valence-corrected chi connectivity index (χ1v) is 7.08. The summed E-state index contributed by atoms with van der Waals surface area (Å²) >= 11 is 0. The van der Waals surface area contributed by atoms with Gasteiger partial charge in [0.05, 0.1) is 6.10 Å². The Hall–Kier alpha value is -0.120. The first kappa shape index (κ1) is 14.9. The second-order valence-electron chi connectivity index (χ2n) is 5.09. The zero-order chi connectivity index (χ0) is 12.5. The van der Waals surface area contributed by atoms with Crippen molar-refractivity contribution in [1.82, 2.24) is 5.32 Å². The number of hydrogen-bond acceptors (Lipinski definition) is 3. The van der Waals surface area contributed by atoms with Gasteiger partial charge in [-0.05, 0) is 51.0 Å². The van der Waals surface area contributed by atoms with Crippen LogP contribution in [0.2, 0.25) is 0 Å². The van der Waals surface area contributed by atoms with Crippen molar-refractivity contribution in [3.8, 4) is 0 Å². The van der Waals surface area contributed by atoms with Gasteiger partial charge in [0.15, 0.2) is 0 Å². The van der Waals surface area contributed by atoms with E-state index in [0.29, 0.717) is 12.1 Å². The maximum atomic E-state index is 5.70. The Labute approximate surface area is 106 Å². The van der Waals surface area contributed by atoms with Gasteiger partial charge in [0.2, 0.25) is 0 Å². The molecule has 1 rings (SSSR count). The average molecular weight is 243 g/mol. The molecule has 2 atom stereocenters. The first-order valence-electron chi connectivity index (χ1n) is 7.08. The van der Waals surface area contributed by atoms with Crippen LogP contribution in [0.5, 0.6) is 0 Å². The highest BCUT2D eigenvalue weighted by molar-refractivity contribution is 4.90. The van der Waals surface area contributed by atoms with Gasteiger partial charge in [-0.3, -0.25) is 0 Å². The Morgan fingerprint density at radius 1 is 1.24 bits per heavy atom. The van der Waals surface area contributed by atoms with Gasteiger partial charge in [0, 0.05) is 26.9 Å². The van der Waals surface area contributed by atoms with Crippen molar-refractivity contribution in [3.63, 3.8) is 0 Å². The predicted molar refractivity (Wildman–Crippen MR) is 71.3 cm³/mol. The summed E-state index contributed by atoms with van der Waals surface area (Å²) in [4.78, 5) is 0. The standard InChI is InChI=1S/C14H29NO2/c1-4-10-15-13(7-5-6-11-16-2)14(17-3)12-8-9-12/h12-15H,4-11H2,1-3H3. The molecule has 0 spiro atoms. The molecule has 1 fully saturated rings. The average Bonchev–Trinajstić information content (AvgIpc) is 3.16. The molecule has 1 aliphatic rings. The van der Waals surface area contributed by atoms with E-state index in [2.05, 4.69) is 12.2 Å². The van der Waals surface area contributed by atoms with Crippen molar-refractivity contribution in [3.05, 3.63) is 0 Å². The fraction of sp³-hybridized carbons (Fsp3) is 1.00. The summed E-state index contributed by atoms with van der Waals surface area (Å²) in [5.74, 6) is 0.803. The number of hydrogen-bond donors (Lipinski definition) is 1. The third-order valence-electron chi connectivity index (χ3n) is 3.53. The molecule has 0 saturated heterocycles. The first-order chi connectivity index (χ1) is 8.33. The number of nitrogens with one attached hydrogen (secondary N) is 1. The monoisotopic (exact) mass is 243 g/mol. The minimum atomic E-state index is 0.420. The fourth-order valence-electron chi connectivity index (χ4n) is 2.43. The molecule has 0 aromatic carbocycles. The zero-order valence-corrected chi connectivity index (χ0v) is 11.7. The van der Waals surface area contributed by atoms with Crippen LogP contribution >= 0.6 is 0 Å². The molecule has 17 heavy (non-hydrogen) atoms. The van der Waals surface area contributed by atoms with Crippen LogP contribution in [-0.4, -0.2) is 39.5 Å². The summed E-state index contributed by atoms with van der Waals surface area (Å²) in [6.07, 6.45) is 7.89. The summed E-state index contributed by atoms with van der Waals surface area (Å²) in [5.41, 5.74) is 0. The SMILES string of the molecule is CCCNC(CCCCOC)C(OC)C1CC1. The molecule has 0 aromatic rings. The van der Waals surface area contributed by atoms with Gasteiger partial charge in [0.1, 0.15) is 0 Å². The number of ether oxygens (including phenoxy) is 2. The molecule has 102 valence electrons. The van der Waals surface area contributed by atoms with Crippen LogP contribution in [0.1, 0.15) is 45.4 Å². The smallest absolute Gasteiger partial charge is 0.0752 e. The van der Waals surface area contributed by atoms with Gasteiger partial charge in [-0.1, -0.05) is 6.92 Å². The highest BCUT2D eigenvalue weighted by atomic mass is 16.5. The van der Waals surface area contributed by atoms with Crippen molar-refractivity contribution in [2.45, 2.75) is 57.6 Å². The highest BCUT2D eigenvalue weighted by Crippen LogP contribution is 2.36. The van der Waals surface area contributed by atoms with Crippen LogP contribution in [0, 0.1) is 5.92 Å². The van der Waals surface area contributed by atoms with Crippen molar-refractivity contribution < 1.29 is 9.47 Å². The largest absolute Gasteiger partial charge is 0.385 e. The molecule has 1 N–H and O–H groups in total. The molecule has 3 heteroatoms. The minimum Gasteiger partial charge on any atom is -0.385 e. The minimum absolute atomic E-state index is 0.420. The molecule has 0 aromatic heterocycles. The van der Waals surface area contributed by atoms with Crippen LogP contribution in [0.3, 0.4) is 0 Å². The lowest BCUT2D eigenvalue weighted by Gasteiger charge is -2.27. The number of rotatable bonds is 11. The van der Waals surface area contributed by atoms with Gasteiger partial charge >= 0.3 is 0 Å². The summed E-state index contributed by atoms with van der Waals surface area (Å²) < 4.78 is 10.8. The molecule has 3 nitrogen and oxygen atoms in total. The van der Waals surface area contributed by atoms with Crippen molar-refractivity contribution in [2.24, 2.45) is 5.92 Å². The molecule has 1 aliphatic carbocycles. The Bertz CT molecular complexity index is 183. The van der Waals surface area contributed by atoms with E-state index in [0.717, 1.165) is 25.5 Å². The Kier molecular flexibility index (Phi) is 7.82. The molecule has 0 aliphatic heterocycles. The van der Waals surface area contributed by atoms with Gasteiger partial charge in [0.25, 0.3) is 0 Å². The summed E-state index contributed by atoms with van der Waals surface area (Å²) in [5, 5.41) is 3.65. The molecule has 0 amide bonds. The normalized spacial score (nSPS) is 19.2. The van der Waals surface area contributed by atoms with Gasteiger partial charge < -0.3 is 14.8 Å². The molecular formula is C14H29NO2. The summed E-state index contributed by atoms with van der Waals surface area (Å²) in [6.45, 7) is 4.19. The summed E-state index contributed by atoms with van der Waals surface area (Å²) in [7, 11) is 3.63. The summed E-state index contributed by atoms with van der Waals surface area (Å²) in [6, 6.07) is 0.532. The molecule has 0 heterocycles. The quantitative estimate of drug-likeness (QED) is 0.566. The molecule has 2 unspecified atom stereocenters. The van der Waals surface area contributed by atoms with E-state index in [1.54, 1.807) is 7.11 Å². The van der Waals surface area contributed by atoms with E-state index in [1.807, 2.05) is 7.11 Å². The van der Waals surface area contributed by atoms with E-state index in [4.69, 9.17) is 9.47 Å². The van der Waals surface area contributed by atoms with Crippen molar-refractivity contribution >= 4 is 0 Å². The molecule has 0 radical (unpaired) electrons. The van der Waals surface area contributed by atoms with Crippen LogP contribution in [0.15, 0.2) is 0 Å². The van der Waals surface area contributed by atoms with E-state index in [9.17, 15) is 0 Å². The number of unbranched alkanes of at least 4 members (excludes halogenated alkanes) is 1. The third-order valence-corrected chi connectivity index (χ3v) is 3.53. The Morgan fingerprint density at radius 2 is 2.00 bits per heavy atom. The highest BCUT2D eigenvalue weighted by Gasteiger charge is 2.36. The van der Waals surface area contributed by atoms with Crippen LogP contribution in [-0.2, 0) is 9.47 Å². The van der Waals surface area contributed by atoms with Crippen LogP contribution < -0.4 is 5.32 Å². The lowest BCUT2D eigenvalue weighted by atomic mass is 10.00. The van der Waals surface area contributed by atoms with E-state index in [-0.39, 0.29) is 0 Å². The van der Waals surface area contributed by atoms with Crippen LogP contribution in [0.4, 0.5) is 0 Å². The molecule has 0 bridgehead atoms. The maximum Gasteiger partial charge on any atom is 0.0752 e. The van der Waals surface area contributed by atoms with Gasteiger partial charge in [-0.15, -0.1) is 0 Å². The van der Waals surface area contributed by atoms with E-state index in [1.165, 1.54) is 32.1 Å². The topological polar surface area (TPSA) is 30.5 Å². The van der Waals surface area contributed by atoms with E-state index < -0.39 is 0 Å². The van der Waals surface area contributed by atoms with Crippen LogP contribution in [0.25, 0.3) is 0 Å². The molecular weight excluding hydrogens is 214 g/mol. The van der Waals surface area contributed by atoms with Crippen molar-refractivity contribution in [1.29, 1.82) is 0 Å². The molecule has 1 saturated carbocycles. The zero-order valence-electron chi connectivity index (χ0n) is 11.7. The van der Waals surface area contributed by atoms with Gasteiger partial charge in [-0.25, -0.2) is 0 Å². The van der Waals surface area contributed by atoms with Crippen molar-refractivity contribution in [2.75, 3.05) is 27.4 Å². The Balaban J connectivity index is 2.29. The van der Waals surface area contributed by atoms with Gasteiger partial charge in [-0.2, -0.15) is 0 Å². The predicted octanol–water partition coefficient (Wildman–Crippen LogP) is 2.60. The lowest BCUT2D eigenvalue weighted by Crippen LogP contribution is -2.42. The second-order valence-corrected chi connectivity index (χ2v) is 5.09.